The molecule has 7 nitrogen and oxygen atoms in total. The molecule has 4 rings (SSSR count). The van der Waals surface area contributed by atoms with Crippen LogP contribution in [0.2, 0.25) is 0 Å². The Hall–Kier alpha value is -3.32. The third-order valence-corrected chi connectivity index (χ3v) is 6.34. The molecule has 2 amide bonds. The zero-order valence-corrected chi connectivity index (χ0v) is 20.0. The van der Waals surface area contributed by atoms with E-state index in [9.17, 15) is 9.59 Å². The van der Waals surface area contributed by atoms with Crippen LogP contribution in [0.3, 0.4) is 0 Å². The van der Waals surface area contributed by atoms with Crippen LogP contribution in [0.15, 0.2) is 60.8 Å². The zero-order chi connectivity index (χ0) is 23.9. The summed E-state index contributed by atoms with van der Waals surface area (Å²) >= 11 is 0. The number of fused-ring (bicyclic) bond motifs is 1. The van der Waals surface area contributed by atoms with Crippen LogP contribution in [-0.4, -0.2) is 72.0 Å². The average molecular weight is 463 g/mol. The van der Waals surface area contributed by atoms with Crippen molar-refractivity contribution in [2.75, 3.05) is 39.3 Å². The normalized spacial score (nSPS) is 15.4. The van der Waals surface area contributed by atoms with Gasteiger partial charge in [-0.25, -0.2) is 0 Å². The number of nitrogens with one attached hydrogen (secondary N) is 2. The van der Waals surface area contributed by atoms with Crippen LogP contribution < -0.4 is 10.1 Å². The summed E-state index contributed by atoms with van der Waals surface area (Å²) in [7, 11) is 0. The maximum Gasteiger partial charge on any atom is 0.245 e. The highest BCUT2D eigenvalue weighted by molar-refractivity contribution is 5.90. The van der Waals surface area contributed by atoms with E-state index in [1.807, 2.05) is 79.5 Å². The molecule has 1 unspecified atom stereocenters. The van der Waals surface area contributed by atoms with Crippen molar-refractivity contribution >= 4 is 22.7 Å². The maximum absolute atomic E-state index is 13.5. The highest BCUT2D eigenvalue weighted by Gasteiger charge is 2.30. The van der Waals surface area contributed by atoms with Gasteiger partial charge in [0.1, 0.15) is 18.4 Å². The minimum atomic E-state index is -0.581. The Kier molecular flexibility index (Phi) is 7.85. The van der Waals surface area contributed by atoms with E-state index in [-0.39, 0.29) is 17.7 Å². The molecule has 2 N–H and O–H groups in total. The molecule has 1 aliphatic rings. The number of aromatic nitrogens is 1. The van der Waals surface area contributed by atoms with E-state index in [0.29, 0.717) is 26.1 Å². The summed E-state index contributed by atoms with van der Waals surface area (Å²) in [5.41, 5.74) is 2.07. The Morgan fingerprint density at radius 2 is 1.71 bits per heavy atom. The standard InChI is InChI=1S/C27H34N4O3/c1-20(2)26(32)29-25(18-21-19-28-24-11-7-6-10-23(21)24)27(33)31-14-12-30(13-15-31)16-17-34-22-8-4-3-5-9-22/h3-11,19-20,25,28H,12-18H2,1-2H3,(H,29,32). The molecule has 2 heterocycles. The topological polar surface area (TPSA) is 77.7 Å². The van der Waals surface area contributed by atoms with E-state index in [1.54, 1.807) is 0 Å². The molecule has 7 heteroatoms. The van der Waals surface area contributed by atoms with Crippen molar-refractivity contribution < 1.29 is 14.3 Å². The van der Waals surface area contributed by atoms with Crippen LogP contribution in [0.25, 0.3) is 10.9 Å². The average Bonchev–Trinajstić information content (AvgIpc) is 3.27. The molecule has 34 heavy (non-hydrogen) atoms. The van der Waals surface area contributed by atoms with Gasteiger partial charge in [0, 0.05) is 62.2 Å². The summed E-state index contributed by atoms with van der Waals surface area (Å²) < 4.78 is 5.81. The minimum Gasteiger partial charge on any atom is -0.492 e. The van der Waals surface area contributed by atoms with E-state index in [0.717, 1.165) is 41.9 Å². The molecule has 1 fully saturated rings. The second-order valence-electron chi connectivity index (χ2n) is 9.11. The number of amides is 2. The van der Waals surface area contributed by atoms with Crippen molar-refractivity contribution in [3.63, 3.8) is 0 Å². The van der Waals surface area contributed by atoms with Crippen LogP contribution in [0, 0.1) is 5.92 Å². The van der Waals surface area contributed by atoms with E-state index in [2.05, 4.69) is 15.2 Å². The van der Waals surface area contributed by atoms with Crippen LogP contribution >= 0.6 is 0 Å². The number of H-pyrrole nitrogens is 1. The number of carbonyl (C=O) groups is 2. The van der Waals surface area contributed by atoms with Crippen LogP contribution in [0.1, 0.15) is 19.4 Å². The fourth-order valence-corrected chi connectivity index (χ4v) is 4.28. The molecule has 0 spiro atoms. The summed E-state index contributed by atoms with van der Waals surface area (Å²) in [5, 5.41) is 4.09. The molecule has 2 aromatic carbocycles. The first-order valence-electron chi connectivity index (χ1n) is 12.1. The number of hydrogen-bond acceptors (Lipinski definition) is 4. The summed E-state index contributed by atoms with van der Waals surface area (Å²) in [5.74, 6) is 0.575. The van der Waals surface area contributed by atoms with Gasteiger partial charge < -0.3 is 19.9 Å². The van der Waals surface area contributed by atoms with E-state index < -0.39 is 6.04 Å². The fraction of sp³-hybridized carbons (Fsp3) is 0.407. The largest absolute Gasteiger partial charge is 0.492 e. The van der Waals surface area contributed by atoms with Crippen molar-refractivity contribution in [2.24, 2.45) is 5.92 Å². The smallest absolute Gasteiger partial charge is 0.245 e. The molecule has 0 radical (unpaired) electrons. The van der Waals surface area contributed by atoms with Crippen molar-refractivity contribution in [1.82, 2.24) is 20.1 Å². The molecule has 180 valence electrons. The van der Waals surface area contributed by atoms with Gasteiger partial charge in [0.05, 0.1) is 0 Å². The van der Waals surface area contributed by atoms with Gasteiger partial charge in [0.15, 0.2) is 0 Å². The third kappa shape index (κ3) is 5.97. The molecule has 0 saturated carbocycles. The van der Waals surface area contributed by atoms with Crippen LogP contribution in [0.5, 0.6) is 5.75 Å². The third-order valence-electron chi connectivity index (χ3n) is 6.34. The van der Waals surface area contributed by atoms with Gasteiger partial charge in [-0.3, -0.25) is 14.5 Å². The predicted molar refractivity (Wildman–Crippen MR) is 134 cm³/mol. The number of carbonyl (C=O) groups excluding carboxylic acids is 2. The van der Waals surface area contributed by atoms with Crippen molar-refractivity contribution in [3.05, 3.63) is 66.4 Å². The monoisotopic (exact) mass is 462 g/mol. The van der Waals surface area contributed by atoms with Crippen LogP contribution in [0.4, 0.5) is 0 Å². The van der Waals surface area contributed by atoms with Gasteiger partial charge in [0.25, 0.3) is 0 Å². The Morgan fingerprint density at radius 1 is 1.00 bits per heavy atom. The lowest BCUT2D eigenvalue weighted by Crippen LogP contribution is -2.56. The Balaban J connectivity index is 1.35. The zero-order valence-electron chi connectivity index (χ0n) is 20.0. The summed E-state index contributed by atoms with van der Waals surface area (Å²) in [6.45, 7) is 8.00. The van der Waals surface area contributed by atoms with Gasteiger partial charge in [-0.05, 0) is 23.8 Å². The summed E-state index contributed by atoms with van der Waals surface area (Å²) in [6, 6.07) is 17.3. The molecule has 0 bridgehead atoms. The first-order chi connectivity index (χ1) is 16.5. The molecular weight excluding hydrogens is 428 g/mol. The fourth-order valence-electron chi connectivity index (χ4n) is 4.28. The first-order valence-corrected chi connectivity index (χ1v) is 12.1. The minimum absolute atomic E-state index is 0.0144. The highest BCUT2D eigenvalue weighted by atomic mass is 16.5. The van der Waals surface area contributed by atoms with E-state index in [1.165, 1.54) is 0 Å². The number of nitrogens with zero attached hydrogens (tertiary/aromatic N) is 2. The lowest BCUT2D eigenvalue weighted by atomic mass is 10.0. The van der Waals surface area contributed by atoms with Gasteiger partial charge in [0.2, 0.25) is 11.8 Å². The Morgan fingerprint density at radius 3 is 2.44 bits per heavy atom. The molecule has 1 saturated heterocycles. The molecule has 3 aromatic rings. The van der Waals surface area contributed by atoms with Crippen molar-refractivity contribution in [2.45, 2.75) is 26.3 Å². The number of para-hydroxylation sites is 2. The van der Waals surface area contributed by atoms with E-state index in [4.69, 9.17) is 4.74 Å². The second kappa shape index (κ2) is 11.2. The Labute approximate surface area is 201 Å². The summed E-state index contributed by atoms with van der Waals surface area (Å²) in [4.78, 5) is 33.5. The molecular formula is C27H34N4O3. The van der Waals surface area contributed by atoms with Gasteiger partial charge in [-0.2, -0.15) is 0 Å². The number of piperazine rings is 1. The number of aromatic amines is 1. The lowest BCUT2D eigenvalue weighted by molar-refractivity contribution is -0.138. The van der Waals surface area contributed by atoms with E-state index >= 15 is 0 Å². The first kappa shape index (κ1) is 23.8. The van der Waals surface area contributed by atoms with Gasteiger partial charge in [-0.1, -0.05) is 50.2 Å². The maximum atomic E-state index is 13.5. The number of rotatable bonds is 9. The summed E-state index contributed by atoms with van der Waals surface area (Å²) in [6.07, 6.45) is 2.41. The number of ether oxygens (including phenoxy) is 1. The number of hydrogen-bond donors (Lipinski definition) is 2. The SMILES string of the molecule is CC(C)C(=O)NC(Cc1c[nH]c2ccccc12)C(=O)N1CCN(CCOc2ccccc2)CC1. The second-order valence-corrected chi connectivity index (χ2v) is 9.11. The Bertz CT molecular complexity index is 1090. The number of benzene rings is 2. The van der Waals surface area contributed by atoms with Gasteiger partial charge >= 0.3 is 0 Å². The predicted octanol–water partition coefficient (Wildman–Crippen LogP) is 3.07. The molecule has 1 aliphatic heterocycles. The van der Waals surface area contributed by atoms with Crippen LogP contribution in [-0.2, 0) is 16.0 Å². The van der Waals surface area contributed by atoms with Gasteiger partial charge in [-0.15, -0.1) is 0 Å². The van der Waals surface area contributed by atoms with Crippen molar-refractivity contribution in [3.8, 4) is 5.75 Å². The molecule has 1 aromatic heterocycles. The van der Waals surface area contributed by atoms with Crippen molar-refractivity contribution in [1.29, 1.82) is 0 Å². The lowest BCUT2D eigenvalue weighted by Gasteiger charge is -2.36. The molecule has 1 atom stereocenters. The quantitative estimate of drug-likeness (QED) is 0.512. The molecule has 0 aliphatic carbocycles. The highest BCUT2D eigenvalue weighted by Crippen LogP contribution is 2.20.